The number of carbonyl (C=O) groups is 1. The van der Waals surface area contributed by atoms with Crippen molar-refractivity contribution in [2.24, 2.45) is 0 Å². The van der Waals surface area contributed by atoms with Gasteiger partial charge < -0.3 is 14.2 Å². The zero-order valence-electron chi connectivity index (χ0n) is 15.6. The minimum Gasteiger partial charge on any atom is -0.493 e. The van der Waals surface area contributed by atoms with Crippen molar-refractivity contribution in [2.45, 2.75) is 33.2 Å². The quantitative estimate of drug-likeness (QED) is 0.590. The molecular weight excluding hydrogens is 364 g/mol. The van der Waals surface area contributed by atoms with Gasteiger partial charge in [0.05, 0.1) is 30.8 Å². The van der Waals surface area contributed by atoms with E-state index in [1.807, 2.05) is 43.5 Å². The van der Waals surface area contributed by atoms with Crippen molar-refractivity contribution in [3.63, 3.8) is 0 Å². The Bertz CT molecular complexity index is 906. The highest BCUT2D eigenvalue weighted by atomic mass is 32.1. The molecule has 0 fully saturated rings. The number of hydrogen-bond donors (Lipinski definition) is 0. The molecule has 3 aromatic rings. The molecule has 0 aliphatic heterocycles. The van der Waals surface area contributed by atoms with E-state index in [0.717, 1.165) is 22.0 Å². The second-order valence-electron chi connectivity index (χ2n) is 5.96. The molecule has 0 saturated carbocycles. The molecule has 3 rings (SSSR count). The number of benzene rings is 1. The molecule has 0 aliphatic rings. The van der Waals surface area contributed by atoms with Crippen molar-refractivity contribution >= 4 is 17.2 Å². The molecule has 0 radical (unpaired) electrons. The Kier molecular flexibility index (Phi) is 6.18. The topological polar surface area (TPSA) is 81.4 Å². The maximum atomic E-state index is 12.5. The number of thiazole rings is 1. The third kappa shape index (κ3) is 4.71. The molecule has 7 nitrogen and oxygen atoms in total. The molecule has 8 heteroatoms. The van der Waals surface area contributed by atoms with Crippen molar-refractivity contribution in [3.8, 4) is 16.3 Å². The van der Waals surface area contributed by atoms with Crippen LogP contribution in [-0.4, -0.2) is 39.6 Å². The van der Waals surface area contributed by atoms with Crippen LogP contribution in [0, 0.1) is 0 Å². The van der Waals surface area contributed by atoms with Crippen LogP contribution >= 0.6 is 11.3 Å². The van der Waals surface area contributed by atoms with Crippen LogP contribution in [0.5, 0.6) is 5.75 Å². The highest BCUT2D eigenvalue weighted by molar-refractivity contribution is 7.13. The van der Waals surface area contributed by atoms with E-state index in [-0.39, 0.29) is 18.9 Å². The Morgan fingerprint density at radius 1 is 1.26 bits per heavy atom. The summed E-state index contributed by atoms with van der Waals surface area (Å²) in [6, 6.07) is 7.78. The maximum absolute atomic E-state index is 12.5. The summed E-state index contributed by atoms with van der Waals surface area (Å²) in [6.45, 7) is 4.78. The average molecular weight is 386 g/mol. The number of aryl methyl sites for hydroxylation is 1. The highest BCUT2D eigenvalue weighted by Crippen LogP contribution is 2.32. The van der Waals surface area contributed by atoms with Gasteiger partial charge in [-0.3, -0.25) is 4.79 Å². The SMILES string of the molecule is CCOc1ccccc1-c1nc(CC(=O)N(C)Cc2nc(CC)no2)cs1. The van der Waals surface area contributed by atoms with Gasteiger partial charge in [-0.15, -0.1) is 11.3 Å². The van der Waals surface area contributed by atoms with Crippen LogP contribution in [0.1, 0.15) is 31.3 Å². The fraction of sp³-hybridized carbons (Fsp3) is 0.368. The predicted molar refractivity (Wildman–Crippen MR) is 103 cm³/mol. The van der Waals surface area contributed by atoms with Gasteiger partial charge in [-0.1, -0.05) is 24.2 Å². The lowest BCUT2D eigenvalue weighted by molar-refractivity contribution is -0.130. The van der Waals surface area contributed by atoms with Gasteiger partial charge in [0, 0.05) is 18.8 Å². The first kappa shape index (κ1) is 19.0. The van der Waals surface area contributed by atoms with E-state index in [1.54, 1.807) is 11.9 Å². The lowest BCUT2D eigenvalue weighted by Gasteiger charge is -2.13. The van der Waals surface area contributed by atoms with Crippen LogP contribution < -0.4 is 4.74 Å². The Balaban J connectivity index is 1.65. The normalized spacial score (nSPS) is 10.8. The van der Waals surface area contributed by atoms with Gasteiger partial charge in [0.2, 0.25) is 11.8 Å². The minimum atomic E-state index is -0.0545. The van der Waals surface area contributed by atoms with E-state index in [1.165, 1.54) is 11.3 Å². The second-order valence-corrected chi connectivity index (χ2v) is 6.82. The van der Waals surface area contributed by atoms with E-state index >= 15 is 0 Å². The Morgan fingerprint density at radius 2 is 2.07 bits per heavy atom. The molecule has 27 heavy (non-hydrogen) atoms. The fourth-order valence-corrected chi connectivity index (χ4v) is 3.36. The summed E-state index contributed by atoms with van der Waals surface area (Å²) in [4.78, 5) is 22.9. The van der Waals surface area contributed by atoms with Crippen molar-refractivity contribution in [1.82, 2.24) is 20.0 Å². The summed E-state index contributed by atoms with van der Waals surface area (Å²) in [5.41, 5.74) is 1.67. The van der Waals surface area contributed by atoms with Crippen molar-refractivity contribution < 1.29 is 14.1 Å². The molecule has 0 saturated heterocycles. The van der Waals surface area contributed by atoms with Gasteiger partial charge in [-0.25, -0.2) is 4.98 Å². The lowest BCUT2D eigenvalue weighted by Crippen LogP contribution is -2.28. The van der Waals surface area contributed by atoms with E-state index in [2.05, 4.69) is 15.1 Å². The second kappa shape index (κ2) is 8.77. The van der Waals surface area contributed by atoms with E-state index in [0.29, 0.717) is 24.7 Å². The summed E-state index contributed by atoms with van der Waals surface area (Å²) in [5, 5.41) is 6.59. The van der Waals surface area contributed by atoms with E-state index in [9.17, 15) is 4.79 Å². The summed E-state index contributed by atoms with van der Waals surface area (Å²) < 4.78 is 10.8. The molecule has 0 aliphatic carbocycles. The highest BCUT2D eigenvalue weighted by Gasteiger charge is 2.17. The number of nitrogens with zero attached hydrogens (tertiary/aromatic N) is 4. The summed E-state index contributed by atoms with van der Waals surface area (Å²) >= 11 is 1.50. The predicted octanol–water partition coefficient (Wildman–Crippen LogP) is 3.36. The number of rotatable bonds is 8. The number of hydrogen-bond acceptors (Lipinski definition) is 7. The van der Waals surface area contributed by atoms with Crippen molar-refractivity contribution in [3.05, 3.63) is 47.1 Å². The van der Waals surface area contributed by atoms with Gasteiger partial charge in [0.15, 0.2) is 5.82 Å². The van der Waals surface area contributed by atoms with Crippen LogP contribution in [0.15, 0.2) is 34.2 Å². The fourth-order valence-electron chi connectivity index (χ4n) is 2.52. The van der Waals surface area contributed by atoms with Crippen LogP contribution in [-0.2, 0) is 24.2 Å². The average Bonchev–Trinajstić information content (AvgIpc) is 3.32. The Morgan fingerprint density at radius 3 is 2.81 bits per heavy atom. The molecule has 1 aromatic carbocycles. The molecule has 0 atom stereocenters. The van der Waals surface area contributed by atoms with Gasteiger partial charge in [0.1, 0.15) is 10.8 Å². The zero-order valence-corrected chi connectivity index (χ0v) is 16.5. The lowest BCUT2D eigenvalue weighted by atomic mass is 10.2. The Hall–Kier alpha value is -2.74. The molecule has 2 aromatic heterocycles. The summed E-state index contributed by atoms with van der Waals surface area (Å²) in [7, 11) is 1.72. The van der Waals surface area contributed by atoms with E-state index < -0.39 is 0 Å². The van der Waals surface area contributed by atoms with Crippen molar-refractivity contribution in [2.75, 3.05) is 13.7 Å². The molecular formula is C19H22N4O3S. The Labute approximate surface area is 162 Å². The van der Waals surface area contributed by atoms with Crippen LogP contribution in [0.25, 0.3) is 10.6 Å². The minimum absolute atomic E-state index is 0.0545. The summed E-state index contributed by atoms with van der Waals surface area (Å²) in [6.07, 6.45) is 0.921. The maximum Gasteiger partial charge on any atom is 0.246 e. The van der Waals surface area contributed by atoms with Gasteiger partial charge >= 0.3 is 0 Å². The van der Waals surface area contributed by atoms with Crippen molar-refractivity contribution in [1.29, 1.82) is 0 Å². The third-order valence-corrected chi connectivity index (χ3v) is 4.85. The molecule has 2 heterocycles. The molecule has 0 spiro atoms. The first-order chi connectivity index (χ1) is 13.1. The molecule has 0 N–H and O–H groups in total. The largest absolute Gasteiger partial charge is 0.493 e. The first-order valence-corrected chi connectivity index (χ1v) is 9.70. The molecule has 0 unspecified atom stereocenters. The number of likely N-dealkylation sites (N-methyl/N-ethyl adjacent to an activating group) is 1. The number of carbonyl (C=O) groups excluding carboxylic acids is 1. The molecule has 1 amide bonds. The molecule has 0 bridgehead atoms. The van der Waals surface area contributed by atoms with Crippen LogP contribution in [0.3, 0.4) is 0 Å². The standard InChI is InChI=1S/C19H22N4O3S/c1-4-16-21-17(26-22-16)11-23(3)18(24)10-13-12-27-19(20-13)14-8-6-7-9-15(14)25-5-2/h6-9,12H,4-5,10-11H2,1-3H3. The van der Waals surface area contributed by atoms with Gasteiger partial charge in [-0.05, 0) is 19.1 Å². The number of aromatic nitrogens is 3. The number of para-hydroxylation sites is 1. The summed E-state index contributed by atoms with van der Waals surface area (Å²) in [5.74, 6) is 1.82. The van der Waals surface area contributed by atoms with E-state index in [4.69, 9.17) is 9.26 Å². The smallest absolute Gasteiger partial charge is 0.246 e. The third-order valence-electron chi connectivity index (χ3n) is 3.93. The first-order valence-electron chi connectivity index (χ1n) is 8.82. The van der Waals surface area contributed by atoms with Gasteiger partial charge in [-0.2, -0.15) is 4.98 Å². The zero-order chi connectivity index (χ0) is 19.2. The number of amides is 1. The van der Waals surface area contributed by atoms with Crippen LogP contribution in [0.2, 0.25) is 0 Å². The van der Waals surface area contributed by atoms with Gasteiger partial charge in [0.25, 0.3) is 0 Å². The van der Waals surface area contributed by atoms with Crippen LogP contribution in [0.4, 0.5) is 0 Å². The molecule has 142 valence electrons. The monoisotopic (exact) mass is 386 g/mol. The number of ether oxygens (including phenoxy) is 1.